The summed E-state index contributed by atoms with van der Waals surface area (Å²) in [6.45, 7) is 5.83. The van der Waals surface area contributed by atoms with Gasteiger partial charge in [-0.05, 0) is 18.4 Å². The molecule has 1 amide bonds. The van der Waals surface area contributed by atoms with E-state index in [-0.39, 0.29) is 16.5 Å². The Morgan fingerprint density at radius 1 is 1.41 bits per heavy atom. The first kappa shape index (κ1) is 13.5. The quantitative estimate of drug-likeness (QED) is 0.799. The summed E-state index contributed by atoms with van der Waals surface area (Å²) in [7, 11) is 0. The topological polar surface area (TPSA) is 95.4 Å². The number of rotatable bonds is 4. The minimum atomic E-state index is -0.581. The highest BCUT2D eigenvalue weighted by Crippen LogP contribution is 2.30. The van der Waals surface area contributed by atoms with Crippen molar-refractivity contribution in [1.82, 2.24) is 0 Å². The molecule has 0 aromatic carbocycles. The summed E-state index contributed by atoms with van der Waals surface area (Å²) in [5, 5.41) is 0.269. The molecule has 1 rings (SSSR count). The van der Waals surface area contributed by atoms with Gasteiger partial charge in [-0.15, -0.1) is 11.3 Å². The molecule has 0 aliphatic carbocycles. The van der Waals surface area contributed by atoms with E-state index < -0.39 is 11.9 Å². The number of hydrogen-bond acceptors (Lipinski definition) is 5. The number of ether oxygens (including phenoxy) is 1. The number of carbonyl (C=O) groups is 2. The van der Waals surface area contributed by atoms with E-state index >= 15 is 0 Å². The van der Waals surface area contributed by atoms with Crippen molar-refractivity contribution in [1.29, 1.82) is 0 Å². The van der Waals surface area contributed by atoms with Crippen molar-refractivity contribution < 1.29 is 14.3 Å². The molecule has 0 saturated carbocycles. The number of primary amides is 1. The predicted octanol–water partition coefficient (Wildman–Crippen LogP) is 1.55. The van der Waals surface area contributed by atoms with Gasteiger partial charge in [-0.3, -0.25) is 4.79 Å². The molecule has 0 unspecified atom stereocenters. The second kappa shape index (κ2) is 5.18. The lowest BCUT2D eigenvalue weighted by atomic mass is 10.1. The highest BCUT2D eigenvalue weighted by molar-refractivity contribution is 7.18. The molecule has 5 nitrogen and oxygen atoms in total. The molecule has 0 bridgehead atoms. The lowest BCUT2D eigenvalue weighted by Crippen LogP contribution is -2.14. The normalized spacial score (nSPS) is 10.6. The van der Waals surface area contributed by atoms with Gasteiger partial charge in [-0.2, -0.15) is 0 Å². The average Bonchev–Trinajstić information content (AvgIpc) is 2.51. The molecule has 0 atom stereocenters. The van der Waals surface area contributed by atoms with Crippen molar-refractivity contribution in [3.63, 3.8) is 0 Å². The zero-order chi connectivity index (χ0) is 13.2. The second-order valence-electron chi connectivity index (χ2n) is 4.15. The molecular formula is C11H16N2O3S. The maximum absolute atomic E-state index is 11.8. The van der Waals surface area contributed by atoms with Gasteiger partial charge in [0.2, 0.25) is 0 Å². The number of nitrogens with two attached hydrogens (primary N) is 2. The second-order valence-corrected chi connectivity index (χ2v) is 5.20. The van der Waals surface area contributed by atoms with Crippen LogP contribution in [0.15, 0.2) is 0 Å². The van der Waals surface area contributed by atoms with Gasteiger partial charge in [-0.1, -0.05) is 13.8 Å². The summed E-state index contributed by atoms with van der Waals surface area (Å²) in [5.41, 5.74) is 11.6. The number of esters is 1. The zero-order valence-corrected chi connectivity index (χ0v) is 10.9. The average molecular weight is 256 g/mol. The lowest BCUT2D eigenvalue weighted by molar-refractivity contribution is 0.0460. The van der Waals surface area contributed by atoms with E-state index in [1.54, 1.807) is 6.92 Å². The van der Waals surface area contributed by atoms with Gasteiger partial charge in [0.15, 0.2) is 0 Å². The predicted molar refractivity (Wildman–Crippen MR) is 67.1 cm³/mol. The van der Waals surface area contributed by atoms with Crippen molar-refractivity contribution in [2.24, 2.45) is 11.7 Å². The van der Waals surface area contributed by atoms with Crippen molar-refractivity contribution in [2.45, 2.75) is 20.8 Å². The van der Waals surface area contributed by atoms with Crippen LogP contribution in [0.4, 0.5) is 5.00 Å². The third-order valence-corrected chi connectivity index (χ3v) is 3.29. The van der Waals surface area contributed by atoms with Gasteiger partial charge in [0.05, 0.1) is 17.0 Å². The third kappa shape index (κ3) is 2.97. The maximum atomic E-state index is 11.8. The Hall–Kier alpha value is -1.56. The Balaban J connectivity index is 2.98. The van der Waals surface area contributed by atoms with Crippen LogP contribution in [0.2, 0.25) is 0 Å². The first-order valence-corrected chi connectivity index (χ1v) is 6.02. The van der Waals surface area contributed by atoms with E-state index in [0.717, 1.165) is 11.3 Å². The van der Waals surface area contributed by atoms with Gasteiger partial charge >= 0.3 is 5.97 Å². The Bertz CT molecular complexity index is 452. The Kier molecular flexibility index (Phi) is 4.11. The summed E-state index contributed by atoms with van der Waals surface area (Å²) in [6, 6.07) is 0. The number of hydrogen-bond donors (Lipinski definition) is 2. The largest absolute Gasteiger partial charge is 0.462 e. The molecule has 94 valence electrons. The molecule has 0 spiro atoms. The minimum Gasteiger partial charge on any atom is -0.462 e. The fraction of sp³-hybridized carbons (Fsp3) is 0.455. The smallest absolute Gasteiger partial charge is 0.341 e. The minimum absolute atomic E-state index is 0.245. The summed E-state index contributed by atoms with van der Waals surface area (Å²) >= 11 is 1.01. The monoisotopic (exact) mass is 256 g/mol. The van der Waals surface area contributed by atoms with Crippen molar-refractivity contribution in [3.05, 3.63) is 16.0 Å². The molecule has 17 heavy (non-hydrogen) atoms. The molecule has 1 heterocycles. The molecule has 1 aromatic heterocycles. The summed E-state index contributed by atoms with van der Waals surface area (Å²) in [4.78, 5) is 23.2. The number of anilines is 1. The van der Waals surface area contributed by atoms with Crippen LogP contribution in [0.5, 0.6) is 0 Å². The summed E-state index contributed by atoms with van der Waals surface area (Å²) in [5.74, 6) is -0.839. The maximum Gasteiger partial charge on any atom is 0.341 e. The van der Waals surface area contributed by atoms with Gasteiger partial charge in [0.1, 0.15) is 5.00 Å². The van der Waals surface area contributed by atoms with E-state index in [4.69, 9.17) is 16.2 Å². The summed E-state index contributed by atoms with van der Waals surface area (Å²) in [6.07, 6.45) is 0. The van der Waals surface area contributed by atoms with E-state index in [1.807, 2.05) is 13.8 Å². The Labute approximate surface area is 104 Å². The van der Waals surface area contributed by atoms with Crippen LogP contribution in [0, 0.1) is 12.8 Å². The molecule has 6 heteroatoms. The van der Waals surface area contributed by atoms with Gasteiger partial charge in [0, 0.05) is 0 Å². The van der Waals surface area contributed by atoms with Crippen LogP contribution < -0.4 is 11.5 Å². The zero-order valence-electron chi connectivity index (χ0n) is 10.1. The van der Waals surface area contributed by atoms with Gasteiger partial charge < -0.3 is 16.2 Å². The first-order valence-electron chi connectivity index (χ1n) is 5.20. The molecule has 0 saturated heterocycles. The van der Waals surface area contributed by atoms with E-state index in [9.17, 15) is 9.59 Å². The molecule has 0 radical (unpaired) electrons. The van der Waals surface area contributed by atoms with Crippen molar-refractivity contribution in [3.8, 4) is 0 Å². The molecule has 0 fully saturated rings. The number of nitrogen functional groups attached to an aromatic ring is 1. The van der Waals surface area contributed by atoms with Gasteiger partial charge in [-0.25, -0.2) is 4.79 Å². The highest BCUT2D eigenvalue weighted by atomic mass is 32.1. The molecule has 0 aliphatic heterocycles. The van der Waals surface area contributed by atoms with Crippen LogP contribution in [-0.2, 0) is 4.74 Å². The first-order chi connectivity index (χ1) is 7.84. The molecule has 4 N–H and O–H groups in total. The van der Waals surface area contributed by atoms with E-state index in [2.05, 4.69) is 0 Å². The molecule has 0 aliphatic rings. The van der Waals surface area contributed by atoms with E-state index in [0.29, 0.717) is 17.0 Å². The Morgan fingerprint density at radius 2 is 2.00 bits per heavy atom. The van der Waals surface area contributed by atoms with E-state index in [1.165, 1.54) is 0 Å². The third-order valence-electron chi connectivity index (χ3n) is 2.15. The van der Waals surface area contributed by atoms with Crippen molar-refractivity contribution in [2.75, 3.05) is 12.3 Å². The number of thiophene rings is 1. The van der Waals surface area contributed by atoms with Crippen molar-refractivity contribution >= 4 is 28.2 Å². The van der Waals surface area contributed by atoms with Crippen LogP contribution in [0.3, 0.4) is 0 Å². The molecular weight excluding hydrogens is 240 g/mol. The lowest BCUT2D eigenvalue weighted by Gasteiger charge is -2.07. The summed E-state index contributed by atoms with van der Waals surface area (Å²) < 4.78 is 5.08. The van der Waals surface area contributed by atoms with Crippen LogP contribution >= 0.6 is 11.3 Å². The fourth-order valence-corrected chi connectivity index (χ4v) is 2.25. The number of amides is 1. The molecule has 1 aromatic rings. The van der Waals surface area contributed by atoms with Crippen LogP contribution in [0.1, 0.15) is 39.4 Å². The standard InChI is InChI=1S/C11H16N2O3S/c1-5(2)4-16-11(15)7-6(3)8(9(12)14)17-10(7)13/h5H,4,13H2,1-3H3,(H2,12,14). The Morgan fingerprint density at radius 3 is 2.41 bits per heavy atom. The highest BCUT2D eigenvalue weighted by Gasteiger charge is 2.23. The SMILES string of the molecule is Cc1c(C(N)=O)sc(N)c1C(=O)OCC(C)C. The van der Waals surface area contributed by atoms with Crippen LogP contribution in [0.25, 0.3) is 0 Å². The number of carbonyl (C=O) groups excluding carboxylic acids is 2. The fourth-order valence-electron chi connectivity index (χ4n) is 1.34. The van der Waals surface area contributed by atoms with Crippen LogP contribution in [-0.4, -0.2) is 18.5 Å². The van der Waals surface area contributed by atoms with Gasteiger partial charge in [0.25, 0.3) is 5.91 Å².